The minimum absolute atomic E-state index is 0.199. The maximum atomic E-state index is 12.1. The fraction of sp³-hybridized carbons (Fsp3) is 0.778. The van der Waals surface area contributed by atoms with E-state index in [9.17, 15) is 4.79 Å². The first-order valence-electron chi connectivity index (χ1n) is 8.89. The number of rotatable bonds is 4. The van der Waals surface area contributed by atoms with Crippen molar-refractivity contribution < 1.29 is 9.53 Å². The molecule has 0 spiro atoms. The van der Waals surface area contributed by atoms with Gasteiger partial charge in [0.15, 0.2) is 0 Å². The molecule has 2 heterocycles. The Hall–Kier alpha value is -1.56. The summed E-state index contributed by atoms with van der Waals surface area (Å²) in [6.45, 7) is 12.4. The van der Waals surface area contributed by atoms with Gasteiger partial charge in [0.1, 0.15) is 5.60 Å². The smallest absolute Gasteiger partial charge is 0.410 e. The molecule has 0 radical (unpaired) electrons. The van der Waals surface area contributed by atoms with Crippen molar-refractivity contribution >= 4 is 6.09 Å². The molecule has 1 aromatic heterocycles. The monoisotopic (exact) mass is 336 g/mol. The molecule has 1 N–H and O–H groups in total. The standard InChI is InChI=1S/C18H32N4O2/c1-13(2)16-14(12-21(6)20-16)11-19-15-7-9-22(10-8-15)17(23)24-18(3,4)5/h12-13,15,19H,7-11H2,1-6H3. The van der Waals surface area contributed by atoms with Crippen molar-refractivity contribution in [3.63, 3.8) is 0 Å². The summed E-state index contributed by atoms with van der Waals surface area (Å²) in [5.41, 5.74) is 2.00. The van der Waals surface area contributed by atoms with Gasteiger partial charge in [-0.3, -0.25) is 4.68 Å². The highest BCUT2D eigenvalue weighted by atomic mass is 16.6. The summed E-state index contributed by atoms with van der Waals surface area (Å²) in [6.07, 6.45) is 3.81. The highest BCUT2D eigenvalue weighted by molar-refractivity contribution is 5.68. The molecule has 1 aliphatic rings. The maximum Gasteiger partial charge on any atom is 0.410 e. The molecule has 2 rings (SSSR count). The lowest BCUT2D eigenvalue weighted by Crippen LogP contribution is -2.46. The van der Waals surface area contributed by atoms with Crippen molar-refractivity contribution in [3.8, 4) is 0 Å². The minimum Gasteiger partial charge on any atom is -0.444 e. The molecule has 1 saturated heterocycles. The zero-order valence-electron chi connectivity index (χ0n) is 15.9. The van der Waals surface area contributed by atoms with E-state index in [2.05, 4.69) is 30.5 Å². The molecule has 136 valence electrons. The lowest BCUT2D eigenvalue weighted by Gasteiger charge is -2.33. The SMILES string of the molecule is CC(C)c1nn(C)cc1CNC1CCN(C(=O)OC(C)(C)C)CC1. The number of aromatic nitrogens is 2. The predicted molar refractivity (Wildman–Crippen MR) is 95.0 cm³/mol. The number of piperidine rings is 1. The Balaban J connectivity index is 1.80. The Kier molecular flexibility index (Phi) is 5.91. The molecule has 0 unspecified atom stereocenters. The van der Waals surface area contributed by atoms with Gasteiger partial charge in [0.2, 0.25) is 0 Å². The topological polar surface area (TPSA) is 59.4 Å². The van der Waals surface area contributed by atoms with E-state index in [1.807, 2.05) is 37.4 Å². The van der Waals surface area contributed by atoms with Crippen LogP contribution in [0.3, 0.4) is 0 Å². The van der Waals surface area contributed by atoms with Crippen LogP contribution < -0.4 is 5.32 Å². The first kappa shape index (κ1) is 18.8. The van der Waals surface area contributed by atoms with Gasteiger partial charge in [-0.05, 0) is 39.5 Å². The van der Waals surface area contributed by atoms with Gasteiger partial charge in [0.05, 0.1) is 5.69 Å². The fourth-order valence-corrected chi connectivity index (χ4v) is 3.02. The van der Waals surface area contributed by atoms with Crippen LogP contribution in [-0.2, 0) is 18.3 Å². The third-order valence-corrected chi connectivity index (χ3v) is 4.21. The van der Waals surface area contributed by atoms with Crippen LogP contribution in [0.5, 0.6) is 0 Å². The summed E-state index contributed by atoms with van der Waals surface area (Å²) >= 11 is 0. The lowest BCUT2D eigenvalue weighted by molar-refractivity contribution is 0.0198. The van der Waals surface area contributed by atoms with Crippen LogP contribution in [0.15, 0.2) is 6.20 Å². The molecular weight excluding hydrogens is 304 g/mol. The number of amides is 1. The van der Waals surface area contributed by atoms with Crippen molar-refractivity contribution in [3.05, 3.63) is 17.5 Å². The highest BCUT2D eigenvalue weighted by Crippen LogP contribution is 2.19. The Morgan fingerprint density at radius 3 is 2.54 bits per heavy atom. The molecule has 24 heavy (non-hydrogen) atoms. The van der Waals surface area contributed by atoms with Crippen molar-refractivity contribution in [1.82, 2.24) is 20.0 Å². The van der Waals surface area contributed by atoms with E-state index in [0.29, 0.717) is 12.0 Å². The van der Waals surface area contributed by atoms with E-state index in [0.717, 1.165) is 38.2 Å². The third-order valence-electron chi connectivity index (χ3n) is 4.21. The number of hydrogen-bond acceptors (Lipinski definition) is 4. The largest absolute Gasteiger partial charge is 0.444 e. The van der Waals surface area contributed by atoms with Crippen LogP contribution in [0, 0.1) is 0 Å². The summed E-state index contributed by atoms with van der Waals surface area (Å²) in [6, 6.07) is 0.434. The van der Waals surface area contributed by atoms with E-state index in [4.69, 9.17) is 4.74 Å². The van der Waals surface area contributed by atoms with Crippen LogP contribution in [0.2, 0.25) is 0 Å². The summed E-state index contributed by atoms with van der Waals surface area (Å²) in [4.78, 5) is 13.9. The fourth-order valence-electron chi connectivity index (χ4n) is 3.02. The molecule has 0 saturated carbocycles. The number of carbonyl (C=O) groups is 1. The molecule has 0 atom stereocenters. The summed E-state index contributed by atoms with van der Waals surface area (Å²) in [5, 5.41) is 8.17. The lowest BCUT2D eigenvalue weighted by atomic mass is 10.0. The first-order chi connectivity index (χ1) is 11.2. The van der Waals surface area contributed by atoms with E-state index in [-0.39, 0.29) is 6.09 Å². The van der Waals surface area contributed by atoms with Gasteiger partial charge in [0, 0.05) is 44.5 Å². The second-order valence-corrected chi connectivity index (χ2v) is 7.99. The predicted octanol–water partition coefficient (Wildman–Crippen LogP) is 3.03. The van der Waals surface area contributed by atoms with E-state index in [1.165, 1.54) is 5.56 Å². The Morgan fingerprint density at radius 2 is 2.00 bits per heavy atom. The molecule has 0 aliphatic carbocycles. The van der Waals surface area contributed by atoms with Gasteiger partial charge < -0.3 is 15.0 Å². The average molecular weight is 336 g/mol. The van der Waals surface area contributed by atoms with Crippen LogP contribution >= 0.6 is 0 Å². The number of nitrogens with one attached hydrogen (secondary N) is 1. The molecule has 0 bridgehead atoms. The molecule has 1 aliphatic heterocycles. The Bertz CT molecular complexity index is 552. The van der Waals surface area contributed by atoms with E-state index < -0.39 is 5.60 Å². The normalized spacial score (nSPS) is 16.7. The molecule has 1 fully saturated rings. The summed E-state index contributed by atoms with van der Waals surface area (Å²) in [7, 11) is 1.97. The number of ether oxygens (including phenoxy) is 1. The van der Waals surface area contributed by atoms with Crippen LogP contribution in [0.1, 0.15) is 64.6 Å². The number of hydrogen-bond donors (Lipinski definition) is 1. The van der Waals surface area contributed by atoms with Gasteiger partial charge in [-0.15, -0.1) is 0 Å². The number of nitrogens with zero attached hydrogens (tertiary/aromatic N) is 3. The van der Waals surface area contributed by atoms with E-state index >= 15 is 0 Å². The van der Waals surface area contributed by atoms with Gasteiger partial charge in [-0.2, -0.15) is 5.10 Å². The van der Waals surface area contributed by atoms with Crippen LogP contribution in [0.25, 0.3) is 0 Å². The Labute approximate surface area is 145 Å². The van der Waals surface area contributed by atoms with Crippen molar-refractivity contribution in [1.29, 1.82) is 0 Å². The third kappa shape index (κ3) is 5.23. The quantitative estimate of drug-likeness (QED) is 0.918. The summed E-state index contributed by atoms with van der Waals surface area (Å²) < 4.78 is 7.33. The van der Waals surface area contributed by atoms with Gasteiger partial charge >= 0.3 is 6.09 Å². The average Bonchev–Trinajstić information content (AvgIpc) is 2.85. The van der Waals surface area contributed by atoms with Crippen LogP contribution in [-0.4, -0.2) is 45.5 Å². The van der Waals surface area contributed by atoms with Crippen molar-refractivity contribution in [2.75, 3.05) is 13.1 Å². The zero-order valence-corrected chi connectivity index (χ0v) is 15.9. The van der Waals surface area contributed by atoms with Crippen molar-refractivity contribution in [2.24, 2.45) is 7.05 Å². The second-order valence-electron chi connectivity index (χ2n) is 7.99. The maximum absolute atomic E-state index is 12.1. The first-order valence-corrected chi connectivity index (χ1v) is 8.89. The molecule has 6 nitrogen and oxygen atoms in total. The second kappa shape index (κ2) is 7.55. The Morgan fingerprint density at radius 1 is 1.38 bits per heavy atom. The van der Waals surface area contributed by atoms with Crippen molar-refractivity contribution in [2.45, 2.75) is 71.6 Å². The number of aryl methyl sites for hydroxylation is 1. The van der Waals surface area contributed by atoms with E-state index in [1.54, 1.807) is 0 Å². The molecule has 0 aromatic carbocycles. The molecule has 1 aromatic rings. The van der Waals surface area contributed by atoms with Gasteiger partial charge in [-0.1, -0.05) is 13.8 Å². The highest BCUT2D eigenvalue weighted by Gasteiger charge is 2.26. The van der Waals surface area contributed by atoms with Gasteiger partial charge in [0.25, 0.3) is 0 Å². The molecule has 1 amide bonds. The summed E-state index contributed by atoms with van der Waals surface area (Å²) in [5.74, 6) is 0.428. The number of likely N-dealkylation sites (tertiary alicyclic amines) is 1. The van der Waals surface area contributed by atoms with Crippen LogP contribution in [0.4, 0.5) is 4.79 Å². The zero-order chi connectivity index (χ0) is 17.9. The number of carbonyl (C=O) groups excluding carboxylic acids is 1. The molecular formula is C18H32N4O2. The molecule has 6 heteroatoms. The van der Waals surface area contributed by atoms with Gasteiger partial charge in [-0.25, -0.2) is 4.79 Å². The minimum atomic E-state index is -0.431.